The second-order valence-electron chi connectivity index (χ2n) is 8.08. The fraction of sp³-hybridized carbons (Fsp3) is 0.478. The molecule has 154 valence electrons. The van der Waals surface area contributed by atoms with Gasteiger partial charge in [-0.15, -0.1) is 0 Å². The molecule has 2 saturated heterocycles. The number of carbonyl (C=O) groups is 2. The highest BCUT2D eigenvalue weighted by Gasteiger charge is 2.41. The smallest absolute Gasteiger partial charge is 0.289 e. The molecule has 1 aromatic carbocycles. The molecular formula is C23H28N2O4. The molecule has 4 rings (SSSR count). The Morgan fingerprint density at radius 2 is 1.79 bits per heavy atom. The van der Waals surface area contributed by atoms with Gasteiger partial charge in [-0.1, -0.05) is 18.2 Å². The average molecular weight is 396 g/mol. The number of hydrogen-bond acceptors (Lipinski definition) is 4. The van der Waals surface area contributed by atoms with Crippen LogP contribution in [0.25, 0.3) is 0 Å². The van der Waals surface area contributed by atoms with E-state index in [4.69, 9.17) is 9.15 Å². The van der Waals surface area contributed by atoms with Crippen molar-refractivity contribution < 1.29 is 18.7 Å². The molecule has 1 aromatic heterocycles. The maximum absolute atomic E-state index is 12.8. The topological polar surface area (TPSA) is 63.0 Å². The molecule has 0 radical (unpaired) electrons. The highest BCUT2D eigenvalue weighted by atomic mass is 16.5. The van der Waals surface area contributed by atoms with E-state index in [0.717, 1.165) is 31.7 Å². The third-order valence-corrected chi connectivity index (χ3v) is 6.31. The SMILES string of the molecule is CC(=O)N1CCC([C@@H]2CN(C(=O)c3ccco3)C[C@H]2COc2ccccc2)CC1. The monoisotopic (exact) mass is 396 g/mol. The van der Waals surface area contributed by atoms with Crippen LogP contribution in [0.1, 0.15) is 30.3 Å². The van der Waals surface area contributed by atoms with Crippen LogP contribution in [0.4, 0.5) is 0 Å². The van der Waals surface area contributed by atoms with Crippen molar-refractivity contribution in [3.63, 3.8) is 0 Å². The Morgan fingerprint density at radius 3 is 2.45 bits per heavy atom. The van der Waals surface area contributed by atoms with Crippen LogP contribution < -0.4 is 4.74 Å². The number of carbonyl (C=O) groups excluding carboxylic acids is 2. The van der Waals surface area contributed by atoms with Crippen molar-refractivity contribution in [2.24, 2.45) is 17.8 Å². The summed E-state index contributed by atoms with van der Waals surface area (Å²) in [6.45, 7) is 5.21. The molecule has 2 aliphatic heterocycles. The molecule has 6 nitrogen and oxygen atoms in total. The van der Waals surface area contributed by atoms with E-state index in [9.17, 15) is 9.59 Å². The van der Waals surface area contributed by atoms with Crippen LogP contribution >= 0.6 is 0 Å². The summed E-state index contributed by atoms with van der Waals surface area (Å²) < 4.78 is 11.4. The molecule has 0 aliphatic carbocycles. The van der Waals surface area contributed by atoms with E-state index in [0.29, 0.717) is 37.3 Å². The van der Waals surface area contributed by atoms with Gasteiger partial charge in [0.2, 0.25) is 5.91 Å². The third kappa shape index (κ3) is 4.47. The van der Waals surface area contributed by atoms with Gasteiger partial charge in [-0.05, 0) is 48.9 Å². The maximum atomic E-state index is 12.8. The number of para-hydroxylation sites is 1. The van der Waals surface area contributed by atoms with Gasteiger partial charge in [0.05, 0.1) is 12.9 Å². The first-order valence-corrected chi connectivity index (χ1v) is 10.4. The molecule has 2 fully saturated rings. The summed E-state index contributed by atoms with van der Waals surface area (Å²) in [6.07, 6.45) is 3.50. The molecule has 2 aromatic rings. The van der Waals surface area contributed by atoms with E-state index < -0.39 is 0 Å². The van der Waals surface area contributed by atoms with Gasteiger partial charge in [0.1, 0.15) is 5.75 Å². The standard InChI is InChI=1S/C23H28N2O4/c1-17(26)24-11-9-18(10-12-24)21-15-25(23(27)22-8-5-13-28-22)14-19(21)16-29-20-6-3-2-4-7-20/h2-8,13,18-19,21H,9-12,14-16H2,1H3/t19-,21-/m0/s1. The van der Waals surface area contributed by atoms with Gasteiger partial charge in [-0.2, -0.15) is 0 Å². The highest BCUT2D eigenvalue weighted by Crippen LogP contribution is 2.36. The number of amides is 2. The molecular weight excluding hydrogens is 368 g/mol. The number of hydrogen-bond donors (Lipinski definition) is 0. The molecule has 6 heteroatoms. The highest BCUT2D eigenvalue weighted by molar-refractivity contribution is 5.91. The normalized spacial score (nSPS) is 22.7. The summed E-state index contributed by atoms with van der Waals surface area (Å²) >= 11 is 0. The van der Waals surface area contributed by atoms with E-state index in [-0.39, 0.29) is 17.7 Å². The minimum absolute atomic E-state index is 0.0524. The van der Waals surface area contributed by atoms with Crippen LogP contribution in [0.5, 0.6) is 5.75 Å². The summed E-state index contributed by atoms with van der Waals surface area (Å²) in [4.78, 5) is 28.3. The van der Waals surface area contributed by atoms with Gasteiger partial charge in [0, 0.05) is 39.0 Å². The summed E-state index contributed by atoms with van der Waals surface area (Å²) in [7, 11) is 0. The molecule has 0 N–H and O–H groups in total. The molecule has 0 saturated carbocycles. The van der Waals surface area contributed by atoms with E-state index >= 15 is 0 Å². The van der Waals surface area contributed by atoms with E-state index in [1.807, 2.05) is 40.1 Å². The lowest BCUT2D eigenvalue weighted by molar-refractivity contribution is -0.130. The average Bonchev–Trinajstić information content (AvgIpc) is 3.43. The van der Waals surface area contributed by atoms with Gasteiger partial charge < -0.3 is 19.0 Å². The van der Waals surface area contributed by atoms with Crippen LogP contribution in [0, 0.1) is 17.8 Å². The van der Waals surface area contributed by atoms with E-state index in [1.165, 1.54) is 6.26 Å². The molecule has 0 spiro atoms. The second kappa shape index (κ2) is 8.72. The van der Waals surface area contributed by atoms with Crippen molar-refractivity contribution in [3.05, 3.63) is 54.5 Å². The minimum atomic E-state index is -0.0524. The van der Waals surface area contributed by atoms with Gasteiger partial charge in [-0.25, -0.2) is 0 Å². The maximum Gasteiger partial charge on any atom is 0.289 e. The van der Waals surface area contributed by atoms with Crippen molar-refractivity contribution in [2.75, 3.05) is 32.8 Å². The predicted molar refractivity (Wildman–Crippen MR) is 109 cm³/mol. The first kappa shape index (κ1) is 19.6. The number of piperidine rings is 1. The molecule has 29 heavy (non-hydrogen) atoms. The zero-order valence-corrected chi connectivity index (χ0v) is 16.8. The van der Waals surface area contributed by atoms with Gasteiger partial charge in [0.15, 0.2) is 5.76 Å². The quantitative estimate of drug-likeness (QED) is 0.778. The van der Waals surface area contributed by atoms with E-state index in [2.05, 4.69) is 0 Å². The Hall–Kier alpha value is -2.76. The Labute approximate surface area is 171 Å². The van der Waals surface area contributed by atoms with Crippen molar-refractivity contribution in [1.82, 2.24) is 9.80 Å². The van der Waals surface area contributed by atoms with Crippen molar-refractivity contribution >= 4 is 11.8 Å². The number of benzene rings is 1. The number of likely N-dealkylation sites (tertiary alicyclic amines) is 2. The Kier molecular flexibility index (Phi) is 5.88. The molecule has 0 unspecified atom stereocenters. The van der Waals surface area contributed by atoms with Crippen molar-refractivity contribution in [1.29, 1.82) is 0 Å². The summed E-state index contributed by atoms with van der Waals surface area (Å²) in [5.41, 5.74) is 0. The third-order valence-electron chi connectivity index (χ3n) is 6.31. The zero-order valence-electron chi connectivity index (χ0n) is 16.8. The number of ether oxygens (including phenoxy) is 1. The van der Waals surface area contributed by atoms with Crippen LogP contribution in [-0.4, -0.2) is 54.4 Å². The van der Waals surface area contributed by atoms with Gasteiger partial charge in [0.25, 0.3) is 5.91 Å². The lowest BCUT2D eigenvalue weighted by Crippen LogP contribution is -2.40. The Balaban J connectivity index is 1.45. The fourth-order valence-corrected chi connectivity index (χ4v) is 4.69. The van der Waals surface area contributed by atoms with Crippen molar-refractivity contribution in [2.45, 2.75) is 19.8 Å². The van der Waals surface area contributed by atoms with E-state index in [1.54, 1.807) is 19.1 Å². The van der Waals surface area contributed by atoms with Gasteiger partial charge >= 0.3 is 0 Å². The number of rotatable bonds is 5. The zero-order chi connectivity index (χ0) is 20.2. The first-order valence-electron chi connectivity index (χ1n) is 10.4. The summed E-state index contributed by atoms with van der Waals surface area (Å²) in [5.74, 6) is 2.46. The lowest BCUT2D eigenvalue weighted by atomic mass is 9.78. The Morgan fingerprint density at radius 1 is 1.03 bits per heavy atom. The van der Waals surface area contributed by atoms with Crippen LogP contribution in [0.3, 0.4) is 0 Å². The molecule has 2 atom stereocenters. The van der Waals surface area contributed by atoms with Crippen LogP contribution in [-0.2, 0) is 4.79 Å². The minimum Gasteiger partial charge on any atom is -0.493 e. The molecule has 3 heterocycles. The summed E-state index contributed by atoms with van der Waals surface area (Å²) in [6, 6.07) is 13.3. The first-order chi connectivity index (χ1) is 14.1. The second-order valence-corrected chi connectivity index (χ2v) is 8.08. The van der Waals surface area contributed by atoms with Crippen LogP contribution in [0.2, 0.25) is 0 Å². The predicted octanol–water partition coefficient (Wildman–Crippen LogP) is 3.31. The number of nitrogens with zero attached hydrogens (tertiary/aromatic N) is 2. The lowest BCUT2D eigenvalue weighted by Gasteiger charge is -2.36. The fourth-order valence-electron chi connectivity index (χ4n) is 4.69. The molecule has 2 amide bonds. The number of furan rings is 1. The Bertz CT molecular complexity index is 813. The van der Waals surface area contributed by atoms with Crippen molar-refractivity contribution in [3.8, 4) is 5.75 Å². The summed E-state index contributed by atoms with van der Waals surface area (Å²) in [5, 5.41) is 0. The molecule has 0 bridgehead atoms. The van der Waals surface area contributed by atoms with Crippen LogP contribution in [0.15, 0.2) is 53.1 Å². The molecule has 2 aliphatic rings. The van der Waals surface area contributed by atoms with Gasteiger partial charge in [-0.3, -0.25) is 9.59 Å². The largest absolute Gasteiger partial charge is 0.493 e.